The molecule has 1 aromatic heterocycles. The third-order valence-corrected chi connectivity index (χ3v) is 10.5. The molecule has 208 valence electrons. The van der Waals surface area contributed by atoms with Gasteiger partial charge >= 0.3 is 0 Å². The second-order valence-electron chi connectivity index (χ2n) is 11.6. The molecule has 1 aliphatic carbocycles. The minimum Gasteiger partial charge on any atom is -0.310 e. The van der Waals surface area contributed by atoms with Gasteiger partial charge in [-0.25, -0.2) is 4.98 Å². The molecular weight excluding hydrogens is 529 g/mol. The number of thiazole rings is 1. The van der Waals surface area contributed by atoms with Crippen molar-refractivity contribution in [3.8, 4) is 21.7 Å². The summed E-state index contributed by atoms with van der Waals surface area (Å²) >= 11 is 1.78. The smallest absolute Gasteiger partial charge is 0.124 e. The molecular formula is C39H36N2S. The van der Waals surface area contributed by atoms with E-state index in [1.807, 2.05) is 0 Å². The van der Waals surface area contributed by atoms with E-state index in [0.717, 1.165) is 23.4 Å². The van der Waals surface area contributed by atoms with E-state index in [2.05, 4.69) is 143 Å². The van der Waals surface area contributed by atoms with Crippen molar-refractivity contribution in [3.63, 3.8) is 0 Å². The van der Waals surface area contributed by atoms with Crippen molar-refractivity contribution in [1.29, 1.82) is 0 Å². The van der Waals surface area contributed by atoms with Crippen molar-refractivity contribution in [1.82, 2.24) is 4.98 Å². The predicted molar refractivity (Wildman–Crippen MR) is 181 cm³/mol. The first-order valence-corrected chi connectivity index (χ1v) is 15.8. The molecule has 5 aromatic carbocycles. The molecule has 0 fully saturated rings. The van der Waals surface area contributed by atoms with Crippen molar-refractivity contribution >= 4 is 38.6 Å². The van der Waals surface area contributed by atoms with Crippen LogP contribution in [0.5, 0.6) is 0 Å². The molecule has 0 amide bonds. The largest absolute Gasteiger partial charge is 0.310 e. The van der Waals surface area contributed by atoms with E-state index in [1.54, 1.807) is 11.3 Å². The molecule has 42 heavy (non-hydrogen) atoms. The second kappa shape index (κ2) is 10.3. The van der Waals surface area contributed by atoms with Gasteiger partial charge in [-0.2, -0.15) is 0 Å². The first kappa shape index (κ1) is 26.7. The van der Waals surface area contributed by atoms with Crippen molar-refractivity contribution in [2.24, 2.45) is 0 Å². The summed E-state index contributed by atoms with van der Waals surface area (Å²) in [6.45, 7) is 11.4. The summed E-state index contributed by atoms with van der Waals surface area (Å²) in [4.78, 5) is 7.48. The maximum absolute atomic E-state index is 5.00. The summed E-state index contributed by atoms with van der Waals surface area (Å²) < 4.78 is 1.24. The highest BCUT2D eigenvalue weighted by atomic mass is 32.1. The van der Waals surface area contributed by atoms with E-state index >= 15 is 0 Å². The van der Waals surface area contributed by atoms with Crippen LogP contribution in [0.25, 0.3) is 31.9 Å². The van der Waals surface area contributed by atoms with Crippen molar-refractivity contribution in [2.75, 3.05) is 4.90 Å². The third kappa shape index (κ3) is 4.02. The Morgan fingerprint density at radius 1 is 0.667 bits per heavy atom. The summed E-state index contributed by atoms with van der Waals surface area (Å²) in [5.74, 6) is 0. The highest BCUT2D eigenvalue weighted by Gasteiger charge is 2.41. The molecule has 7 rings (SSSR count). The fourth-order valence-corrected chi connectivity index (χ4v) is 8.09. The van der Waals surface area contributed by atoms with Crippen LogP contribution in [-0.4, -0.2) is 4.98 Å². The maximum atomic E-state index is 5.00. The van der Waals surface area contributed by atoms with Crippen LogP contribution in [0.15, 0.2) is 103 Å². The van der Waals surface area contributed by atoms with Crippen molar-refractivity contribution < 1.29 is 0 Å². The molecule has 0 bridgehead atoms. The molecule has 0 unspecified atom stereocenters. The fraction of sp³-hybridized carbons (Fsp3) is 0.205. The zero-order valence-corrected chi connectivity index (χ0v) is 25.8. The summed E-state index contributed by atoms with van der Waals surface area (Å²) in [6, 6.07) is 38.0. The zero-order chi connectivity index (χ0) is 29.0. The van der Waals surface area contributed by atoms with Gasteiger partial charge in [0, 0.05) is 22.4 Å². The lowest BCUT2D eigenvalue weighted by Crippen LogP contribution is -2.23. The summed E-state index contributed by atoms with van der Waals surface area (Å²) in [5.41, 5.74) is 15.4. The Morgan fingerprint density at radius 2 is 1.31 bits per heavy atom. The molecule has 0 saturated heterocycles. The van der Waals surface area contributed by atoms with Crippen molar-refractivity contribution in [2.45, 2.75) is 52.9 Å². The first-order valence-electron chi connectivity index (χ1n) is 15.0. The van der Waals surface area contributed by atoms with Gasteiger partial charge in [-0.1, -0.05) is 80.6 Å². The Bertz CT molecular complexity index is 1910. The average Bonchev–Trinajstić information content (AvgIpc) is 3.56. The van der Waals surface area contributed by atoms with Gasteiger partial charge in [-0.3, -0.25) is 0 Å². The van der Waals surface area contributed by atoms with E-state index in [-0.39, 0.29) is 5.41 Å². The fourth-order valence-electron chi connectivity index (χ4n) is 7.12. The molecule has 0 radical (unpaired) electrons. The highest BCUT2D eigenvalue weighted by Crippen LogP contribution is 2.55. The van der Waals surface area contributed by atoms with Gasteiger partial charge in [-0.05, 0) is 109 Å². The molecule has 1 heterocycles. The number of para-hydroxylation sites is 3. The predicted octanol–water partition coefficient (Wildman–Crippen LogP) is 11.4. The molecule has 0 atom stereocenters. The zero-order valence-electron chi connectivity index (χ0n) is 25.0. The number of hydrogen-bond acceptors (Lipinski definition) is 3. The van der Waals surface area contributed by atoms with Gasteiger partial charge in [0.25, 0.3) is 0 Å². The summed E-state index contributed by atoms with van der Waals surface area (Å²) in [5, 5.41) is 1.09. The molecule has 0 N–H and O–H groups in total. The van der Waals surface area contributed by atoms with Crippen LogP contribution < -0.4 is 4.90 Å². The highest BCUT2D eigenvalue weighted by molar-refractivity contribution is 7.21. The van der Waals surface area contributed by atoms with Gasteiger partial charge in [0.1, 0.15) is 5.01 Å². The Hall–Kier alpha value is -4.21. The van der Waals surface area contributed by atoms with Crippen LogP contribution in [0.2, 0.25) is 0 Å². The van der Waals surface area contributed by atoms with Crippen LogP contribution in [0, 0.1) is 20.8 Å². The lowest BCUT2D eigenvalue weighted by atomic mass is 9.73. The normalized spacial score (nSPS) is 13.3. The van der Waals surface area contributed by atoms with Gasteiger partial charge in [0.15, 0.2) is 0 Å². The van der Waals surface area contributed by atoms with E-state index in [0.29, 0.717) is 0 Å². The molecule has 3 heteroatoms. The molecule has 0 aliphatic heterocycles. The van der Waals surface area contributed by atoms with Crippen LogP contribution in [0.4, 0.5) is 17.1 Å². The number of aryl methyl sites for hydroxylation is 3. The Kier molecular flexibility index (Phi) is 6.51. The average molecular weight is 565 g/mol. The number of benzene rings is 5. The van der Waals surface area contributed by atoms with Crippen LogP contribution in [0.3, 0.4) is 0 Å². The molecule has 2 nitrogen and oxygen atoms in total. The topological polar surface area (TPSA) is 16.1 Å². The lowest BCUT2D eigenvalue weighted by Gasteiger charge is -2.33. The Balaban J connectivity index is 1.41. The van der Waals surface area contributed by atoms with Gasteiger partial charge in [-0.15, -0.1) is 11.3 Å². The Labute approximate surface area is 253 Å². The third-order valence-electron chi connectivity index (χ3n) is 9.37. The quantitative estimate of drug-likeness (QED) is 0.200. The standard InChI is InChI=1S/C39H36N2S/c1-6-39(7-2)32-23-28(38-40-34-16-9-11-18-36(34)42-38)19-21-30(32)31-22-20-29(24-33(31)39)41(35-17-10-8-13-25(35)3)37-26(4)14-12-15-27(37)5/h8-24H,6-7H2,1-5H3. The number of nitrogens with zero attached hydrogens (tertiary/aromatic N) is 2. The maximum Gasteiger partial charge on any atom is 0.124 e. The van der Waals surface area contributed by atoms with Gasteiger partial charge in [0.05, 0.1) is 15.9 Å². The Morgan fingerprint density at radius 3 is 2.02 bits per heavy atom. The first-order chi connectivity index (χ1) is 20.4. The number of fused-ring (bicyclic) bond motifs is 4. The monoisotopic (exact) mass is 564 g/mol. The van der Waals surface area contributed by atoms with E-state index in [9.17, 15) is 0 Å². The minimum atomic E-state index is -0.0501. The molecule has 6 aromatic rings. The molecule has 0 saturated carbocycles. The summed E-state index contributed by atoms with van der Waals surface area (Å²) in [6.07, 6.45) is 2.09. The summed E-state index contributed by atoms with van der Waals surface area (Å²) in [7, 11) is 0. The lowest BCUT2D eigenvalue weighted by molar-refractivity contribution is 0.490. The number of rotatable bonds is 6. The van der Waals surface area contributed by atoms with Crippen molar-refractivity contribution in [3.05, 3.63) is 131 Å². The van der Waals surface area contributed by atoms with E-state index < -0.39 is 0 Å². The molecule has 1 aliphatic rings. The van der Waals surface area contributed by atoms with E-state index in [1.165, 1.54) is 66.3 Å². The molecule has 0 spiro atoms. The second-order valence-corrected chi connectivity index (χ2v) is 12.7. The number of hydrogen-bond donors (Lipinski definition) is 0. The van der Waals surface area contributed by atoms with Crippen LogP contribution in [-0.2, 0) is 5.41 Å². The minimum absolute atomic E-state index is 0.0501. The van der Waals surface area contributed by atoms with Crippen LogP contribution in [0.1, 0.15) is 54.5 Å². The van der Waals surface area contributed by atoms with Gasteiger partial charge in [0.2, 0.25) is 0 Å². The van der Waals surface area contributed by atoms with Crippen LogP contribution >= 0.6 is 11.3 Å². The number of anilines is 3. The van der Waals surface area contributed by atoms with Gasteiger partial charge < -0.3 is 4.90 Å². The van der Waals surface area contributed by atoms with E-state index in [4.69, 9.17) is 4.98 Å². The number of aromatic nitrogens is 1. The SMILES string of the molecule is CCC1(CC)c2cc(-c3nc4ccccc4s3)ccc2-c2ccc(N(c3ccccc3C)c3c(C)cccc3C)cc21.